The lowest BCUT2D eigenvalue weighted by molar-refractivity contribution is 0.00359. The fourth-order valence-electron chi connectivity index (χ4n) is 3.99. The van der Waals surface area contributed by atoms with Gasteiger partial charge in [0.15, 0.2) is 0 Å². The minimum absolute atomic E-state index is 0.265. The highest BCUT2D eigenvalue weighted by Gasteiger charge is 2.39. The molecule has 20 heavy (non-hydrogen) atoms. The molecule has 2 rings (SSSR count). The van der Waals surface area contributed by atoms with Crippen LogP contribution in [0.2, 0.25) is 0 Å². The van der Waals surface area contributed by atoms with Crippen molar-refractivity contribution in [1.82, 2.24) is 10.2 Å². The molecule has 1 heterocycles. The van der Waals surface area contributed by atoms with E-state index in [4.69, 9.17) is 0 Å². The van der Waals surface area contributed by atoms with Gasteiger partial charge in [0.25, 0.3) is 0 Å². The summed E-state index contributed by atoms with van der Waals surface area (Å²) in [5.74, 6) is 0.893. The Hall–Kier alpha value is -0.0800. The predicted molar refractivity (Wildman–Crippen MR) is 88.1 cm³/mol. The lowest BCUT2D eigenvalue weighted by atomic mass is 9.71. The first kappa shape index (κ1) is 16.3. The van der Waals surface area contributed by atoms with Gasteiger partial charge in [-0.3, -0.25) is 0 Å². The summed E-state index contributed by atoms with van der Waals surface area (Å²) in [5, 5.41) is 3.70. The molecule has 2 heteroatoms. The van der Waals surface area contributed by atoms with E-state index in [1.807, 2.05) is 0 Å². The minimum Gasteiger partial charge on any atom is -0.312 e. The predicted octanol–water partition coefficient (Wildman–Crippen LogP) is 4.06. The summed E-state index contributed by atoms with van der Waals surface area (Å²) in [5.41, 5.74) is 0.932. The van der Waals surface area contributed by atoms with Gasteiger partial charge in [0, 0.05) is 11.6 Å². The summed E-state index contributed by atoms with van der Waals surface area (Å²) < 4.78 is 0. The molecule has 0 aromatic carbocycles. The van der Waals surface area contributed by atoms with Crippen LogP contribution in [-0.4, -0.2) is 36.1 Å². The Morgan fingerprint density at radius 2 is 1.65 bits per heavy atom. The van der Waals surface area contributed by atoms with E-state index in [2.05, 4.69) is 44.8 Å². The van der Waals surface area contributed by atoms with Gasteiger partial charge in [0.1, 0.15) is 0 Å². The molecule has 118 valence electrons. The second kappa shape index (κ2) is 6.36. The summed E-state index contributed by atoms with van der Waals surface area (Å²) in [6.07, 6.45) is 8.46. The molecule has 1 saturated heterocycles. The first-order chi connectivity index (χ1) is 9.39. The van der Waals surface area contributed by atoms with Crippen molar-refractivity contribution < 1.29 is 0 Å². The maximum absolute atomic E-state index is 3.70. The lowest BCUT2D eigenvalue weighted by Gasteiger charge is -2.50. The molecule has 2 atom stereocenters. The molecule has 1 aliphatic carbocycles. The van der Waals surface area contributed by atoms with Crippen molar-refractivity contribution in [3.63, 3.8) is 0 Å². The zero-order valence-corrected chi connectivity index (χ0v) is 14.5. The van der Waals surface area contributed by atoms with Crippen molar-refractivity contribution >= 4 is 0 Å². The van der Waals surface area contributed by atoms with Crippen LogP contribution in [0.3, 0.4) is 0 Å². The molecule has 0 aromatic heterocycles. The molecule has 1 N–H and O–H groups in total. The van der Waals surface area contributed by atoms with Gasteiger partial charge in [-0.25, -0.2) is 0 Å². The van der Waals surface area contributed by atoms with Crippen LogP contribution in [-0.2, 0) is 0 Å². The highest BCUT2D eigenvalue weighted by molar-refractivity contribution is 4.94. The quantitative estimate of drug-likeness (QED) is 0.817. The number of likely N-dealkylation sites (tertiary alicyclic amines) is 1. The van der Waals surface area contributed by atoms with Crippen molar-refractivity contribution in [2.24, 2.45) is 11.3 Å². The van der Waals surface area contributed by atoms with Crippen molar-refractivity contribution in [3.8, 4) is 0 Å². The summed E-state index contributed by atoms with van der Waals surface area (Å²) >= 11 is 0. The van der Waals surface area contributed by atoms with Crippen molar-refractivity contribution in [1.29, 1.82) is 0 Å². The summed E-state index contributed by atoms with van der Waals surface area (Å²) in [6.45, 7) is 15.5. The molecule has 0 amide bonds. The normalized spacial score (nSPS) is 31.1. The average molecular weight is 281 g/mol. The Morgan fingerprint density at radius 1 is 1.05 bits per heavy atom. The molecule has 2 fully saturated rings. The number of rotatable bonds is 5. The Balaban J connectivity index is 1.79. The van der Waals surface area contributed by atoms with E-state index in [9.17, 15) is 0 Å². The third-order valence-electron chi connectivity index (χ3n) is 6.10. The zero-order chi connectivity index (χ0) is 14.8. The molecule has 0 bridgehead atoms. The second-order valence-corrected chi connectivity index (χ2v) is 8.28. The number of hydrogen-bond donors (Lipinski definition) is 1. The van der Waals surface area contributed by atoms with Crippen LogP contribution >= 0.6 is 0 Å². The third-order valence-corrected chi connectivity index (χ3v) is 6.10. The lowest BCUT2D eigenvalue weighted by Crippen LogP contribution is -2.55. The fraction of sp³-hybridized carbons (Fsp3) is 1.00. The summed E-state index contributed by atoms with van der Waals surface area (Å²) in [7, 11) is 0. The van der Waals surface area contributed by atoms with Gasteiger partial charge < -0.3 is 10.2 Å². The standard InChI is InChI=1S/C18H36N2/c1-6-18(7-2)10-12-20(13-11-18)16-9-8-15(16)14-19-17(3,4)5/h15-16,19H,6-14H2,1-5H3. The van der Waals surface area contributed by atoms with Crippen LogP contribution in [0.25, 0.3) is 0 Å². The molecule has 2 unspecified atom stereocenters. The van der Waals surface area contributed by atoms with E-state index in [0.717, 1.165) is 12.0 Å². The maximum Gasteiger partial charge on any atom is 0.0136 e. The molecule has 1 saturated carbocycles. The van der Waals surface area contributed by atoms with Crippen LogP contribution in [0.15, 0.2) is 0 Å². The van der Waals surface area contributed by atoms with Crippen LogP contribution in [0.5, 0.6) is 0 Å². The first-order valence-corrected chi connectivity index (χ1v) is 8.88. The van der Waals surface area contributed by atoms with E-state index >= 15 is 0 Å². The van der Waals surface area contributed by atoms with Gasteiger partial charge in [-0.2, -0.15) is 0 Å². The number of nitrogens with one attached hydrogen (secondary N) is 1. The summed E-state index contributed by atoms with van der Waals surface area (Å²) in [6, 6.07) is 0.872. The molecule has 0 spiro atoms. The largest absolute Gasteiger partial charge is 0.312 e. The molecular formula is C18H36N2. The zero-order valence-electron chi connectivity index (χ0n) is 14.5. The number of hydrogen-bond acceptors (Lipinski definition) is 2. The number of piperidine rings is 1. The molecule has 1 aliphatic heterocycles. The molecule has 0 aromatic rings. The van der Waals surface area contributed by atoms with Crippen LogP contribution in [0, 0.1) is 11.3 Å². The van der Waals surface area contributed by atoms with E-state index in [-0.39, 0.29) is 5.54 Å². The highest BCUT2D eigenvalue weighted by atomic mass is 15.2. The van der Waals surface area contributed by atoms with Crippen LogP contribution in [0.1, 0.15) is 73.1 Å². The van der Waals surface area contributed by atoms with Gasteiger partial charge in [0.2, 0.25) is 0 Å². The van der Waals surface area contributed by atoms with Gasteiger partial charge in [-0.05, 0) is 77.4 Å². The number of nitrogens with zero attached hydrogens (tertiary/aromatic N) is 1. The average Bonchev–Trinajstić information content (AvgIpc) is 2.37. The van der Waals surface area contributed by atoms with Crippen molar-refractivity contribution in [2.45, 2.75) is 84.7 Å². The topological polar surface area (TPSA) is 15.3 Å². The Kier molecular flexibility index (Phi) is 5.18. The van der Waals surface area contributed by atoms with Gasteiger partial charge in [0.05, 0.1) is 0 Å². The minimum atomic E-state index is 0.265. The fourth-order valence-corrected chi connectivity index (χ4v) is 3.99. The summed E-state index contributed by atoms with van der Waals surface area (Å²) in [4.78, 5) is 2.81. The first-order valence-electron chi connectivity index (χ1n) is 8.88. The molecular weight excluding hydrogens is 244 g/mol. The van der Waals surface area contributed by atoms with E-state index in [1.165, 1.54) is 58.2 Å². The monoisotopic (exact) mass is 280 g/mol. The third kappa shape index (κ3) is 3.76. The van der Waals surface area contributed by atoms with Crippen LogP contribution < -0.4 is 5.32 Å². The van der Waals surface area contributed by atoms with Gasteiger partial charge in [-0.15, -0.1) is 0 Å². The molecule has 2 aliphatic rings. The molecule has 2 nitrogen and oxygen atoms in total. The Morgan fingerprint density at radius 3 is 2.05 bits per heavy atom. The van der Waals surface area contributed by atoms with E-state index in [1.54, 1.807) is 0 Å². The Bertz CT molecular complexity index is 291. The van der Waals surface area contributed by atoms with E-state index in [0.29, 0.717) is 5.41 Å². The van der Waals surface area contributed by atoms with Gasteiger partial charge in [-0.1, -0.05) is 26.7 Å². The smallest absolute Gasteiger partial charge is 0.0136 e. The SMILES string of the molecule is CCC1(CC)CCN(C2CCC2CNC(C)(C)C)CC1. The second-order valence-electron chi connectivity index (χ2n) is 8.28. The molecule has 0 radical (unpaired) electrons. The highest BCUT2D eigenvalue weighted by Crippen LogP contribution is 2.41. The van der Waals surface area contributed by atoms with Crippen molar-refractivity contribution in [2.75, 3.05) is 19.6 Å². The van der Waals surface area contributed by atoms with Crippen molar-refractivity contribution in [3.05, 3.63) is 0 Å². The maximum atomic E-state index is 3.70. The van der Waals surface area contributed by atoms with Crippen LogP contribution in [0.4, 0.5) is 0 Å². The Labute approximate surface area is 126 Å². The van der Waals surface area contributed by atoms with E-state index < -0.39 is 0 Å². The van der Waals surface area contributed by atoms with Gasteiger partial charge >= 0.3 is 0 Å².